The Morgan fingerprint density at radius 2 is 2.00 bits per heavy atom. The first kappa shape index (κ1) is 12.2. The van der Waals surface area contributed by atoms with Gasteiger partial charge in [0.2, 0.25) is 0 Å². The number of rotatable bonds is 2. The Balaban J connectivity index is 2.32. The van der Waals surface area contributed by atoms with Crippen LogP contribution in [0.5, 0.6) is 0 Å². The lowest BCUT2D eigenvalue weighted by atomic mass is 10.3. The molecule has 0 aliphatic heterocycles. The molecular formula is C14H8F2N4. The summed E-state index contributed by atoms with van der Waals surface area (Å²) in [5.41, 5.74) is 1.20. The Hall–Kier alpha value is -2.81. The molecule has 0 saturated carbocycles. The number of nitriles is 1. The van der Waals surface area contributed by atoms with Crippen molar-refractivity contribution in [3.8, 4) is 17.6 Å². The van der Waals surface area contributed by atoms with Crippen molar-refractivity contribution in [2.75, 3.05) is 0 Å². The molecule has 0 saturated heterocycles. The molecule has 0 aliphatic carbocycles. The highest BCUT2D eigenvalue weighted by molar-refractivity contribution is 5.80. The zero-order chi connectivity index (χ0) is 14.1. The quantitative estimate of drug-likeness (QED) is 0.719. The van der Waals surface area contributed by atoms with E-state index >= 15 is 0 Å². The molecule has 3 aromatic rings. The molecule has 20 heavy (non-hydrogen) atoms. The predicted molar refractivity (Wildman–Crippen MR) is 68.5 cm³/mol. The Labute approximate surface area is 112 Å². The van der Waals surface area contributed by atoms with Crippen molar-refractivity contribution in [2.45, 2.75) is 6.54 Å². The van der Waals surface area contributed by atoms with Crippen molar-refractivity contribution in [1.82, 2.24) is 14.5 Å². The van der Waals surface area contributed by atoms with Crippen molar-refractivity contribution < 1.29 is 8.78 Å². The summed E-state index contributed by atoms with van der Waals surface area (Å²) >= 11 is 0. The van der Waals surface area contributed by atoms with Gasteiger partial charge in [-0.05, 0) is 12.1 Å². The number of imidazole rings is 1. The summed E-state index contributed by atoms with van der Waals surface area (Å²) in [6.07, 6.45) is 1.59. The molecule has 0 bridgehead atoms. The van der Waals surface area contributed by atoms with Gasteiger partial charge in [0.15, 0.2) is 17.5 Å². The molecule has 0 N–H and O–H groups in total. The molecule has 0 spiro atoms. The summed E-state index contributed by atoms with van der Waals surface area (Å²) in [4.78, 5) is 8.40. The number of hydrogen-bond donors (Lipinski definition) is 0. The molecule has 1 aromatic carbocycles. The highest BCUT2D eigenvalue weighted by Crippen LogP contribution is 2.25. The van der Waals surface area contributed by atoms with Gasteiger partial charge < -0.3 is 4.57 Å². The van der Waals surface area contributed by atoms with Crippen LogP contribution in [0.25, 0.3) is 22.6 Å². The van der Waals surface area contributed by atoms with E-state index in [9.17, 15) is 8.78 Å². The zero-order valence-corrected chi connectivity index (χ0v) is 10.2. The van der Waals surface area contributed by atoms with Crippen molar-refractivity contribution in [2.24, 2.45) is 0 Å². The van der Waals surface area contributed by atoms with E-state index in [0.717, 1.165) is 12.1 Å². The standard InChI is InChI=1S/C14H8F2N4/c15-9-7-12-13(8-10(9)16)20(6-4-17)14(19-12)11-3-1-2-5-18-11/h1-3,5,7-8H,6H2. The number of halogens is 2. The smallest absolute Gasteiger partial charge is 0.161 e. The van der Waals surface area contributed by atoms with Gasteiger partial charge in [0, 0.05) is 18.3 Å². The van der Waals surface area contributed by atoms with E-state index in [-0.39, 0.29) is 6.54 Å². The van der Waals surface area contributed by atoms with Crippen molar-refractivity contribution in [3.63, 3.8) is 0 Å². The van der Waals surface area contributed by atoms with Crippen LogP contribution in [0.4, 0.5) is 8.78 Å². The maximum absolute atomic E-state index is 13.4. The van der Waals surface area contributed by atoms with Crippen molar-refractivity contribution in [1.29, 1.82) is 5.26 Å². The fourth-order valence-corrected chi connectivity index (χ4v) is 2.04. The van der Waals surface area contributed by atoms with Crippen LogP contribution >= 0.6 is 0 Å². The Morgan fingerprint density at radius 1 is 1.20 bits per heavy atom. The molecule has 0 fully saturated rings. The monoisotopic (exact) mass is 270 g/mol. The average Bonchev–Trinajstić information content (AvgIpc) is 2.79. The van der Waals surface area contributed by atoms with E-state index in [1.807, 2.05) is 6.07 Å². The van der Waals surface area contributed by atoms with E-state index < -0.39 is 11.6 Å². The lowest BCUT2D eigenvalue weighted by Gasteiger charge is -2.03. The minimum atomic E-state index is -0.968. The molecule has 0 unspecified atom stereocenters. The van der Waals surface area contributed by atoms with Crippen LogP contribution < -0.4 is 0 Å². The largest absolute Gasteiger partial charge is 0.309 e. The van der Waals surface area contributed by atoms with Crippen molar-refractivity contribution >= 4 is 11.0 Å². The van der Waals surface area contributed by atoms with Crippen LogP contribution in [0.3, 0.4) is 0 Å². The van der Waals surface area contributed by atoms with Crippen LogP contribution in [0, 0.1) is 23.0 Å². The van der Waals surface area contributed by atoms with E-state index in [1.165, 1.54) is 4.57 Å². The van der Waals surface area contributed by atoms with E-state index in [1.54, 1.807) is 24.4 Å². The van der Waals surface area contributed by atoms with Gasteiger partial charge in [0.05, 0.1) is 17.1 Å². The molecule has 98 valence electrons. The van der Waals surface area contributed by atoms with Gasteiger partial charge in [-0.25, -0.2) is 13.8 Å². The van der Waals surface area contributed by atoms with Crippen LogP contribution in [-0.2, 0) is 6.54 Å². The second-order valence-electron chi connectivity index (χ2n) is 4.15. The highest BCUT2D eigenvalue weighted by atomic mass is 19.2. The number of hydrogen-bond acceptors (Lipinski definition) is 3. The van der Waals surface area contributed by atoms with Gasteiger partial charge in [-0.1, -0.05) is 6.07 Å². The molecule has 0 radical (unpaired) electrons. The first-order chi connectivity index (χ1) is 9.70. The first-order valence-electron chi connectivity index (χ1n) is 5.84. The zero-order valence-electron chi connectivity index (χ0n) is 10.2. The van der Waals surface area contributed by atoms with Crippen LogP contribution in [0.15, 0.2) is 36.5 Å². The molecule has 0 aliphatic rings. The fourth-order valence-electron chi connectivity index (χ4n) is 2.04. The lowest BCUT2D eigenvalue weighted by Crippen LogP contribution is -2.00. The van der Waals surface area contributed by atoms with E-state index in [2.05, 4.69) is 9.97 Å². The van der Waals surface area contributed by atoms with Gasteiger partial charge in [-0.2, -0.15) is 5.26 Å². The second-order valence-corrected chi connectivity index (χ2v) is 4.15. The second kappa shape index (κ2) is 4.70. The van der Waals surface area contributed by atoms with Crippen LogP contribution in [-0.4, -0.2) is 14.5 Å². The minimum Gasteiger partial charge on any atom is -0.309 e. The number of fused-ring (bicyclic) bond motifs is 1. The SMILES string of the molecule is N#CCn1c(-c2ccccn2)nc2cc(F)c(F)cc21. The minimum absolute atomic E-state index is 0.0204. The summed E-state index contributed by atoms with van der Waals surface area (Å²) in [7, 11) is 0. The molecule has 6 heteroatoms. The Morgan fingerprint density at radius 3 is 2.70 bits per heavy atom. The Bertz CT molecular complexity index is 819. The number of benzene rings is 1. The predicted octanol–water partition coefficient (Wildman–Crippen LogP) is 2.90. The topological polar surface area (TPSA) is 54.5 Å². The third kappa shape index (κ3) is 1.89. The summed E-state index contributed by atoms with van der Waals surface area (Å²) in [5.74, 6) is -1.53. The van der Waals surface area contributed by atoms with Gasteiger partial charge in [-0.3, -0.25) is 4.98 Å². The average molecular weight is 270 g/mol. The van der Waals surface area contributed by atoms with Crippen LogP contribution in [0.1, 0.15) is 0 Å². The maximum atomic E-state index is 13.4. The van der Waals surface area contributed by atoms with Gasteiger partial charge in [0.1, 0.15) is 12.2 Å². The summed E-state index contributed by atoms with van der Waals surface area (Å²) in [5, 5.41) is 8.91. The van der Waals surface area contributed by atoms with E-state index in [4.69, 9.17) is 5.26 Å². The molecule has 2 heterocycles. The number of nitrogens with zero attached hydrogens (tertiary/aromatic N) is 4. The first-order valence-corrected chi connectivity index (χ1v) is 5.84. The molecule has 4 nitrogen and oxygen atoms in total. The summed E-state index contributed by atoms with van der Waals surface area (Å²) < 4.78 is 28.2. The normalized spacial score (nSPS) is 10.7. The fraction of sp³-hybridized carbons (Fsp3) is 0.0714. The molecule has 2 aromatic heterocycles. The van der Waals surface area contributed by atoms with Crippen molar-refractivity contribution in [3.05, 3.63) is 48.2 Å². The lowest BCUT2D eigenvalue weighted by molar-refractivity contribution is 0.510. The van der Waals surface area contributed by atoms with Gasteiger partial charge >= 0.3 is 0 Å². The summed E-state index contributed by atoms with van der Waals surface area (Å²) in [6, 6.07) is 9.30. The third-order valence-corrected chi connectivity index (χ3v) is 2.91. The molecule has 0 atom stereocenters. The highest BCUT2D eigenvalue weighted by Gasteiger charge is 2.16. The maximum Gasteiger partial charge on any atom is 0.161 e. The summed E-state index contributed by atoms with van der Waals surface area (Å²) in [6.45, 7) is -0.0204. The molecule has 3 rings (SSSR count). The number of aromatic nitrogens is 3. The van der Waals surface area contributed by atoms with Gasteiger partial charge in [0.25, 0.3) is 0 Å². The van der Waals surface area contributed by atoms with Crippen LogP contribution in [0.2, 0.25) is 0 Å². The van der Waals surface area contributed by atoms with Gasteiger partial charge in [-0.15, -0.1) is 0 Å². The van der Waals surface area contributed by atoms with E-state index in [0.29, 0.717) is 22.6 Å². The molecule has 0 amide bonds. The third-order valence-electron chi connectivity index (χ3n) is 2.91. The number of pyridine rings is 1. The Kier molecular flexibility index (Phi) is 2.88. The molecular weight excluding hydrogens is 262 g/mol.